The van der Waals surface area contributed by atoms with Crippen molar-refractivity contribution in [1.82, 2.24) is 4.90 Å². The molecule has 0 spiro atoms. The summed E-state index contributed by atoms with van der Waals surface area (Å²) in [5.41, 5.74) is 0.950. The summed E-state index contributed by atoms with van der Waals surface area (Å²) in [4.78, 5) is 14.7. The zero-order valence-electron chi connectivity index (χ0n) is 14.1. The van der Waals surface area contributed by atoms with Crippen LogP contribution in [0.5, 0.6) is 11.5 Å². The van der Waals surface area contributed by atoms with Gasteiger partial charge >= 0.3 is 0 Å². The molecule has 3 rings (SSSR count). The van der Waals surface area contributed by atoms with E-state index in [-0.39, 0.29) is 17.5 Å². The Kier molecular flexibility index (Phi) is 5.27. The third-order valence-corrected chi connectivity index (χ3v) is 4.96. The molecule has 0 aliphatic carbocycles. The van der Waals surface area contributed by atoms with Crippen LogP contribution in [0.15, 0.2) is 40.9 Å². The van der Waals surface area contributed by atoms with E-state index in [0.717, 1.165) is 18.4 Å². The van der Waals surface area contributed by atoms with E-state index in [1.807, 2.05) is 18.2 Å². The Morgan fingerprint density at radius 2 is 2.00 bits per heavy atom. The van der Waals surface area contributed by atoms with Crippen molar-refractivity contribution in [2.45, 2.75) is 18.9 Å². The van der Waals surface area contributed by atoms with Crippen LogP contribution in [0, 0.1) is 5.82 Å². The van der Waals surface area contributed by atoms with E-state index in [0.29, 0.717) is 22.5 Å². The summed E-state index contributed by atoms with van der Waals surface area (Å²) in [7, 11) is 3.19. The van der Waals surface area contributed by atoms with Crippen LogP contribution in [0.4, 0.5) is 4.39 Å². The van der Waals surface area contributed by atoms with Gasteiger partial charge in [0.25, 0.3) is 5.91 Å². The fraction of sp³-hybridized carbons (Fsp3) is 0.316. The fourth-order valence-corrected chi connectivity index (χ4v) is 3.61. The highest BCUT2D eigenvalue weighted by molar-refractivity contribution is 9.10. The minimum absolute atomic E-state index is 0.0723. The molecule has 0 N–H and O–H groups in total. The molecule has 0 aromatic heterocycles. The molecule has 1 fully saturated rings. The SMILES string of the molecule is COc1ccc(OC)c(C2CCCN2C(=O)c2cc(Br)ccc2F)c1. The van der Waals surface area contributed by atoms with Gasteiger partial charge in [-0.15, -0.1) is 0 Å². The first kappa shape index (κ1) is 17.7. The van der Waals surface area contributed by atoms with Gasteiger partial charge in [0.15, 0.2) is 0 Å². The minimum Gasteiger partial charge on any atom is -0.497 e. The maximum atomic E-state index is 14.2. The third kappa shape index (κ3) is 3.49. The van der Waals surface area contributed by atoms with Crippen LogP contribution in [0.2, 0.25) is 0 Å². The van der Waals surface area contributed by atoms with E-state index in [1.54, 1.807) is 25.2 Å². The Morgan fingerprint density at radius 1 is 1.20 bits per heavy atom. The quantitative estimate of drug-likeness (QED) is 0.744. The van der Waals surface area contributed by atoms with Crippen molar-refractivity contribution in [3.8, 4) is 11.5 Å². The van der Waals surface area contributed by atoms with Crippen molar-refractivity contribution in [3.05, 3.63) is 57.8 Å². The van der Waals surface area contributed by atoms with Gasteiger partial charge in [0, 0.05) is 16.6 Å². The van der Waals surface area contributed by atoms with Crippen molar-refractivity contribution in [2.75, 3.05) is 20.8 Å². The average Bonchev–Trinajstić information content (AvgIpc) is 3.12. The highest BCUT2D eigenvalue weighted by Gasteiger charge is 2.33. The number of hydrogen-bond acceptors (Lipinski definition) is 3. The average molecular weight is 408 g/mol. The van der Waals surface area contributed by atoms with Gasteiger partial charge in [0.2, 0.25) is 0 Å². The number of likely N-dealkylation sites (tertiary alicyclic amines) is 1. The first-order chi connectivity index (χ1) is 12.0. The number of carbonyl (C=O) groups excluding carboxylic acids is 1. The van der Waals surface area contributed by atoms with Crippen LogP contribution in [-0.4, -0.2) is 31.6 Å². The fourth-order valence-electron chi connectivity index (χ4n) is 3.25. The van der Waals surface area contributed by atoms with E-state index >= 15 is 0 Å². The number of hydrogen-bond donors (Lipinski definition) is 0. The molecule has 0 radical (unpaired) electrons. The summed E-state index contributed by atoms with van der Waals surface area (Å²) in [6, 6.07) is 9.76. The second kappa shape index (κ2) is 7.44. The van der Waals surface area contributed by atoms with Crippen molar-refractivity contribution < 1.29 is 18.7 Å². The predicted molar refractivity (Wildman–Crippen MR) is 96.7 cm³/mol. The van der Waals surface area contributed by atoms with E-state index in [1.165, 1.54) is 12.1 Å². The predicted octanol–water partition coefficient (Wildman–Crippen LogP) is 4.58. The summed E-state index contributed by atoms with van der Waals surface area (Å²) >= 11 is 3.30. The van der Waals surface area contributed by atoms with Gasteiger partial charge in [-0.2, -0.15) is 0 Å². The maximum Gasteiger partial charge on any atom is 0.257 e. The van der Waals surface area contributed by atoms with Crippen LogP contribution in [0.3, 0.4) is 0 Å². The minimum atomic E-state index is -0.517. The van der Waals surface area contributed by atoms with Gasteiger partial charge in [0.1, 0.15) is 17.3 Å². The Hall–Kier alpha value is -2.08. The smallest absolute Gasteiger partial charge is 0.257 e. The first-order valence-electron chi connectivity index (χ1n) is 8.03. The molecule has 1 aliphatic heterocycles. The molecule has 1 aliphatic rings. The highest BCUT2D eigenvalue weighted by atomic mass is 79.9. The van der Waals surface area contributed by atoms with Crippen molar-refractivity contribution >= 4 is 21.8 Å². The molecular formula is C19H19BrFNO3. The highest BCUT2D eigenvalue weighted by Crippen LogP contribution is 2.39. The standard InChI is InChI=1S/C19H19BrFNO3/c1-24-13-6-8-18(25-2)15(11-13)17-4-3-9-22(17)19(23)14-10-12(20)5-7-16(14)21/h5-8,10-11,17H,3-4,9H2,1-2H3. The largest absolute Gasteiger partial charge is 0.497 e. The van der Waals surface area contributed by atoms with E-state index in [2.05, 4.69) is 15.9 Å². The molecule has 6 heteroatoms. The van der Waals surface area contributed by atoms with Gasteiger partial charge in [-0.05, 0) is 49.2 Å². The molecule has 1 heterocycles. The molecule has 132 valence electrons. The zero-order chi connectivity index (χ0) is 18.0. The van der Waals surface area contributed by atoms with Crippen LogP contribution >= 0.6 is 15.9 Å². The van der Waals surface area contributed by atoms with Crippen LogP contribution in [0.1, 0.15) is 34.8 Å². The molecular weight excluding hydrogens is 389 g/mol. The Bertz CT molecular complexity index is 796. The molecule has 25 heavy (non-hydrogen) atoms. The molecule has 4 nitrogen and oxygen atoms in total. The second-order valence-electron chi connectivity index (χ2n) is 5.89. The summed E-state index contributed by atoms with van der Waals surface area (Å²) < 4.78 is 25.6. The lowest BCUT2D eigenvalue weighted by Gasteiger charge is -2.27. The number of nitrogens with zero attached hydrogens (tertiary/aromatic N) is 1. The van der Waals surface area contributed by atoms with E-state index in [4.69, 9.17) is 9.47 Å². The lowest BCUT2D eigenvalue weighted by molar-refractivity contribution is 0.0729. The number of halogens is 2. The number of methoxy groups -OCH3 is 2. The van der Waals surface area contributed by atoms with Crippen molar-refractivity contribution in [2.24, 2.45) is 0 Å². The van der Waals surface area contributed by atoms with Gasteiger partial charge in [0.05, 0.1) is 25.8 Å². The molecule has 1 amide bonds. The molecule has 1 saturated heterocycles. The van der Waals surface area contributed by atoms with E-state index in [9.17, 15) is 9.18 Å². The molecule has 2 aromatic carbocycles. The molecule has 1 unspecified atom stereocenters. The Balaban J connectivity index is 1.98. The van der Waals surface area contributed by atoms with Gasteiger partial charge in [-0.3, -0.25) is 4.79 Å². The van der Waals surface area contributed by atoms with E-state index < -0.39 is 5.82 Å². The molecule has 0 saturated carbocycles. The van der Waals surface area contributed by atoms with Gasteiger partial charge in [-0.1, -0.05) is 15.9 Å². The van der Waals surface area contributed by atoms with Crippen LogP contribution in [-0.2, 0) is 0 Å². The lowest BCUT2D eigenvalue weighted by Crippen LogP contribution is -2.31. The number of ether oxygens (including phenoxy) is 2. The van der Waals surface area contributed by atoms with Gasteiger partial charge in [-0.25, -0.2) is 4.39 Å². The number of amides is 1. The van der Waals surface area contributed by atoms with Crippen LogP contribution in [0.25, 0.3) is 0 Å². The maximum absolute atomic E-state index is 14.2. The Labute approximate surface area is 154 Å². The van der Waals surface area contributed by atoms with Crippen LogP contribution < -0.4 is 9.47 Å². The number of benzene rings is 2. The number of carbonyl (C=O) groups is 1. The third-order valence-electron chi connectivity index (χ3n) is 4.47. The summed E-state index contributed by atoms with van der Waals surface area (Å²) in [6.45, 7) is 0.579. The first-order valence-corrected chi connectivity index (χ1v) is 8.82. The second-order valence-corrected chi connectivity index (χ2v) is 6.80. The molecule has 0 bridgehead atoms. The summed E-state index contributed by atoms with van der Waals surface area (Å²) in [5, 5.41) is 0. The molecule has 2 aromatic rings. The monoisotopic (exact) mass is 407 g/mol. The summed E-state index contributed by atoms with van der Waals surface area (Å²) in [6.07, 6.45) is 1.65. The topological polar surface area (TPSA) is 38.8 Å². The lowest BCUT2D eigenvalue weighted by atomic mass is 10.0. The molecule has 1 atom stereocenters. The summed E-state index contributed by atoms with van der Waals surface area (Å²) in [5.74, 6) is 0.562. The number of rotatable bonds is 4. The van der Waals surface area contributed by atoms with Gasteiger partial charge < -0.3 is 14.4 Å². The zero-order valence-corrected chi connectivity index (χ0v) is 15.7. The Morgan fingerprint density at radius 3 is 2.72 bits per heavy atom. The van der Waals surface area contributed by atoms with Crippen molar-refractivity contribution in [3.63, 3.8) is 0 Å². The van der Waals surface area contributed by atoms with Crippen molar-refractivity contribution in [1.29, 1.82) is 0 Å². The normalized spacial score (nSPS) is 16.8.